The topological polar surface area (TPSA) is 26.3 Å². The van der Waals surface area contributed by atoms with Crippen molar-refractivity contribution in [2.45, 2.75) is 33.1 Å². The fourth-order valence-electron chi connectivity index (χ4n) is 1.94. The zero-order chi connectivity index (χ0) is 16.6. The van der Waals surface area contributed by atoms with E-state index in [1.54, 1.807) is 6.92 Å². The molecule has 0 aliphatic heterocycles. The van der Waals surface area contributed by atoms with E-state index in [9.17, 15) is 31.1 Å². The molecule has 0 saturated carbocycles. The molecule has 0 aromatic heterocycles. The molecule has 0 N–H and O–H groups in total. The van der Waals surface area contributed by atoms with Crippen LogP contribution in [-0.2, 0) is 4.79 Å². The molecule has 1 aromatic rings. The van der Waals surface area contributed by atoms with Crippen LogP contribution in [0.2, 0.25) is 0 Å². The molecule has 21 heavy (non-hydrogen) atoms. The van der Waals surface area contributed by atoms with E-state index in [0.29, 0.717) is 0 Å². The van der Waals surface area contributed by atoms with Crippen LogP contribution in [0.5, 0.6) is 5.75 Å². The minimum atomic E-state index is -5.76. The van der Waals surface area contributed by atoms with Gasteiger partial charge < -0.3 is 4.74 Å². The number of hydrogen-bond donors (Lipinski definition) is 0. The molecule has 0 heterocycles. The molecule has 1 rings (SSSR count). The largest absolute Gasteiger partial charge is 0.425 e. The van der Waals surface area contributed by atoms with Gasteiger partial charge in [0.2, 0.25) is 5.92 Å². The van der Waals surface area contributed by atoms with Gasteiger partial charge in [-0.05, 0) is 31.9 Å². The molecule has 0 unspecified atom stereocenters. The van der Waals surface area contributed by atoms with Gasteiger partial charge in [-0.2, -0.15) is 26.3 Å². The zero-order valence-electron chi connectivity index (χ0n) is 11.3. The van der Waals surface area contributed by atoms with Crippen molar-refractivity contribution in [1.29, 1.82) is 0 Å². The van der Waals surface area contributed by atoms with Crippen LogP contribution in [0.4, 0.5) is 26.3 Å². The van der Waals surface area contributed by atoms with Gasteiger partial charge in [0.25, 0.3) is 0 Å². The van der Waals surface area contributed by atoms with Crippen molar-refractivity contribution >= 4 is 5.97 Å². The highest BCUT2D eigenvalue weighted by atomic mass is 19.4. The number of ether oxygens (including phenoxy) is 1. The normalized spacial score (nSPS) is 12.7. The first-order chi connectivity index (χ1) is 9.34. The lowest BCUT2D eigenvalue weighted by Crippen LogP contribution is -2.44. The molecule has 0 radical (unpaired) electrons. The van der Waals surface area contributed by atoms with E-state index in [4.69, 9.17) is 0 Å². The highest BCUT2D eigenvalue weighted by Gasteiger charge is 2.62. The number of rotatable bonds is 2. The summed E-state index contributed by atoms with van der Waals surface area (Å²) in [6.45, 7) is 4.55. The Labute approximate surface area is 116 Å². The second kappa shape index (κ2) is 5.57. The summed E-state index contributed by atoms with van der Waals surface area (Å²) in [7, 11) is 0. The molecule has 8 heteroatoms. The third-order valence-electron chi connectivity index (χ3n) is 2.70. The Morgan fingerprint density at radius 2 is 1.33 bits per heavy atom. The summed E-state index contributed by atoms with van der Waals surface area (Å²) < 4.78 is 78.8. The first-order valence-electron chi connectivity index (χ1n) is 5.77. The summed E-state index contributed by atoms with van der Waals surface area (Å²) in [4.78, 5) is 11.3. The van der Waals surface area contributed by atoms with Gasteiger partial charge in [-0.25, -0.2) is 0 Å². The van der Waals surface area contributed by atoms with Gasteiger partial charge in [-0.1, -0.05) is 17.7 Å². The van der Waals surface area contributed by atoms with E-state index < -0.39 is 24.2 Å². The van der Waals surface area contributed by atoms with Crippen LogP contribution in [0.15, 0.2) is 12.1 Å². The van der Waals surface area contributed by atoms with Crippen molar-refractivity contribution in [2.75, 3.05) is 0 Å². The molecule has 0 aliphatic rings. The number of hydrogen-bond acceptors (Lipinski definition) is 2. The Kier molecular flexibility index (Phi) is 4.60. The number of alkyl halides is 6. The molecule has 0 amide bonds. The lowest BCUT2D eigenvalue weighted by atomic mass is 10.1. The number of aryl methyl sites for hydroxylation is 3. The Bertz CT molecular complexity index is 508. The standard InChI is InChI=1S/C13H12F6O2/c1-6-4-7(2)9(8(3)5-6)21-11(20)10(12(14,15)16)13(17,18)19/h4-5,10H,1-3H3. The summed E-state index contributed by atoms with van der Waals surface area (Å²) in [5.74, 6) is -6.83. The van der Waals surface area contributed by atoms with Crippen molar-refractivity contribution < 1.29 is 35.9 Å². The number of carbonyl (C=O) groups is 1. The molecule has 0 bridgehead atoms. The van der Waals surface area contributed by atoms with Crippen molar-refractivity contribution in [2.24, 2.45) is 5.92 Å². The maximum absolute atomic E-state index is 12.4. The fourth-order valence-corrected chi connectivity index (χ4v) is 1.94. The third kappa shape index (κ3) is 4.12. The average Bonchev–Trinajstić information content (AvgIpc) is 2.18. The maximum Gasteiger partial charge on any atom is 0.411 e. The van der Waals surface area contributed by atoms with E-state index in [1.165, 1.54) is 26.0 Å². The molecule has 0 spiro atoms. The van der Waals surface area contributed by atoms with Gasteiger partial charge in [0.1, 0.15) is 5.75 Å². The summed E-state index contributed by atoms with van der Waals surface area (Å²) in [5.41, 5.74) is 1.31. The fraction of sp³-hybridized carbons (Fsp3) is 0.462. The number of esters is 1. The molecule has 0 atom stereocenters. The summed E-state index contributed by atoms with van der Waals surface area (Å²) in [6.07, 6.45) is -11.5. The minimum absolute atomic E-state index is 0.281. The van der Waals surface area contributed by atoms with Crippen LogP contribution < -0.4 is 4.74 Å². The van der Waals surface area contributed by atoms with Gasteiger partial charge in [0.05, 0.1) is 0 Å². The van der Waals surface area contributed by atoms with E-state index >= 15 is 0 Å². The molecular formula is C13H12F6O2. The van der Waals surface area contributed by atoms with Gasteiger partial charge in [-0.3, -0.25) is 4.79 Å². The monoisotopic (exact) mass is 314 g/mol. The van der Waals surface area contributed by atoms with E-state index in [-0.39, 0.29) is 16.9 Å². The van der Waals surface area contributed by atoms with E-state index in [0.717, 1.165) is 5.56 Å². The van der Waals surface area contributed by atoms with Crippen LogP contribution in [-0.4, -0.2) is 18.3 Å². The molecule has 2 nitrogen and oxygen atoms in total. The number of carbonyl (C=O) groups excluding carboxylic acids is 1. The highest BCUT2D eigenvalue weighted by molar-refractivity contribution is 5.77. The summed E-state index contributed by atoms with van der Waals surface area (Å²) in [5, 5.41) is 0. The van der Waals surface area contributed by atoms with Crippen LogP contribution in [0.25, 0.3) is 0 Å². The average molecular weight is 314 g/mol. The van der Waals surface area contributed by atoms with Gasteiger partial charge >= 0.3 is 18.3 Å². The zero-order valence-corrected chi connectivity index (χ0v) is 11.3. The van der Waals surface area contributed by atoms with Crippen molar-refractivity contribution in [3.8, 4) is 5.75 Å². The SMILES string of the molecule is Cc1cc(C)c(OC(=O)C(C(F)(F)F)C(F)(F)F)c(C)c1. The predicted molar refractivity (Wildman–Crippen MR) is 61.9 cm³/mol. The van der Waals surface area contributed by atoms with Crippen molar-refractivity contribution in [3.05, 3.63) is 28.8 Å². The quantitative estimate of drug-likeness (QED) is 0.463. The van der Waals surface area contributed by atoms with Gasteiger partial charge in [-0.15, -0.1) is 0 Å². The van der Waals surface area contributed by atoms with Gasteiger partial charge in [0.15, 0.2) is 0 Å². The van der Waals surface area contributed by atoms with E-state index in [2.05, 4.69) is 4.74 Å². The third-order valence-corrected chi connectivity index (χ3v) is 2.70. The molecule has 1 aromatic carbocycles. The number of benzene rings is 1. The lowest BCUT2D eigenvalue weighted by Gasteiger charge is -2.22. The van der Waals surface area contributed by atoms with Gasteiger partial charge in [0, 0.05) is 0 Å². The molecule has 118 valence electrons. The maximum atomic E-state index is 12.4. The Balaban J connectivity index is 3.15. The summed E-state index contributed by atoms with van der Waals surface area (Å²) >= 11 is 0. The lowest BCUT2D eigenvalue weighted by molar-refractivity contribution is -0.279. The Morgan fingerprint density at radius 3 is 1.67 bits per heavy atom. The molecule has 0 fully saturated rings. The van der Waals surface area contributed by atoms with Crippen molar-refractivity contribution in [1.82, 2.24) is 0 Å². The van der Waals surface area contributed by atoms with Crippen molar-refractivity contribution in [3.63, 3.8) is 0 Å². The minimum Gasteiger partial charge on any atom is -0.425 e. The first kappa shape index (κ1) is 17.3. The number of halogens is 6. The van der Waals surface area contributed by atoms with Crippen LogP contribution >= 0.6 is 0 Å². The molecular weight excluding hydrogens is 302 g/mol. The van der Waals surface area contributed by atoms with Crippen LogP contribution in [0.3, 0.4) is 0 Å². The van der Waals surface area contributed by atoms with Crippen LogP contribution in [0.1, 0.15) is 16.7 Å². The second-order valence-corrected chi connectivity index (χ2v) is 4.67. The van der Waals surface area contributed by atoms with Crippen LogP contribution in [0, 0.1) is 26.7 Å². The summed E-state index contributed by atoms with van der Waals surface area (Å²) in [6, 6.07) is 2.98. The first-order valence-corrected chi connectivity index (χ1v) is 5.77. The highest BCUT2D eigenvalue weighted by Crippen LogP contribution is 2.40. The molecule has 0 aliphatic carbocycles. The Morgan fingerprint density at radius 1 is 0.952 bits per heavy atom. The smallest absolute Gasteiger partial charge is 0.411 e. The molecule has 0 saturated heterocycles. The van der Waals surface area contributed by atoms with E-state index in [1.807, 2.05) is 0 Å². The predicted octanol–water partition coefficient (Wildman–Crippen LogP) is 4.26. The second-order valence-electron chi connectivity index (χ2n) is 4.67. The Hall–Kier alpha value is -1.73.